The lowest BCUT2D eigenvalue weighted by Crippen LogP contribution is -2.41. The van der Waals surface area contributed by atoms with Gasteiger partial charge in [0.15, 0.2) is 0 Å². The third-order valence-electron chi connectivity index (χ3n) is 3.69. The molecule has 0 unspecified atom stereocenters. The zero-order valence-electron chi connectivity index (χ0n) is 15.2. The van der Waals surface area contributed by atoms with Gasteiger partial charge in [0, 0.05) is 25.4 Å². The molecule has 23 heavy (non-hydrogen) atoms. The molecule has 0 aromatic carbocycles. The molecule has 2 amide bonds. The highest BCUT2D eigenvalue weighted by Gasteiger charge is 2.27. The van der Waals surface area contributed by atoms with Crippen LogP contribution in [0.3, 0.4) is 0 Å². The first-order valence-electron chi connectivity index (χ1n) is 8.24. The second kappa shape index (κ2) is 12.6. The number of carbonyl (C=O) groups excluding carboxylic acids is 2. The van der Waals surface area contributed by atoms with E-state index in [2.05, 4.69) is 0 Å². The molecule has 0 bridgehead atoms. The van der Waals surface area contributed by atoms with Crippen LogP contribution in [0.4, 0.5) is 0 Å². The molecule has 1 aliphatic heterocycles. The predicted octanol–water partition coefficient (Wildman–Crippen LogP) is 2.38. The van der Waals surface area contributed by atoms with Gasteiger partial charge in [0.1, 0.15) is 0 Å². The molecule has 0 aliphatic carbocycles. The molecule has 0 spiro atoms. The van der Waals surface area contributed by atoms with Crippen LogP contribution in [-0.4, -0.2) is 59.7 Å². The Morgan fingerprint density at radius 3 is 2.13 bits per heavy atom. The van der Waals surface area contributed by atoms with E-state index < -0.39 is 5.91 Å². The van der Waals surface area contributed by atoms with E-state index in [0.717, 1.165) is 25.9 Å². The highest BCUT2D eigenvalue weighted by Crippen LogP contribution is 2.20. The Bertz CT molecular complexity index is 345. The average Bonchev–Trinajstić information content (AvgIpc) is 2.54. The highest BCUT2D eigenvalue weighted by molar-refractivity contribution is 7.96. The Morgan fingerprint density at radius 1 is 1.22 bits per heavy atom. The lowest BCUT2D eigenvalue weighted by Gasteiger charge is -2.30. The smallest absolute Gasteiger partial charge is 0.244 e. The maximum atomic E-state index is 12.3. The molecule has 0 radical (unpaired) electrons. The second-order valence-electron chi connectivity index (χ2n) is 6.45. The van der Waals surface area contributed by atoms with Crippen LogP contribution >= 0.6 is 11.9 Å². The van der Waals surface area contributed by atoms with Gasteiger partial charge >= 0.3 is 0 Å². The molecule has 6 nitrogen and oxygen atoms in total. The molecular formula is C16H33N3O3S. The van der Waals surface area contributed by atoms with Crippen molar-refractivity contribution in [2.24, 2.45) is 11.8 Å². The average molecular weight is 348 g/mol. The number of hydroxylamine groups is 1. The minimum atomic E-state index is -0.481. The number of rotatable bonds is 6. The molecule has 136 valence electrons. The molecule has 1 saturated heterocycles. The minimum absolute atomic E-state index is 0.0620. The third-order valence-corrected chi connectivity index (χ3v) is 4.42. The lowest BCUT2D eigenvalue weighted by atomic mass is 9.92. The van der Waals surface area contributed by atoms with Crippen LogP contribution in [-0.2, 0) is 9.59 Å². The van der Waals surface area contributed by atoms with Crippen LogP contribution in [0.2, 0.25) is 0 Å². The van der Waals surface area contributed by atoms with Gasteiger partial charge in [-0.15, -0.1) is 0 Å². The number of amides is 2. The van der Waals surface area contributed by atoms with Gasteiger partial charge in [-0.25, -0.2) is 5.48 Å². The van der Waals surface area contributed by atoms with Crippen LogP contribution in [0.15, 0.2) is 0 Å². The summed E-state index contributed by atoms with van der Waals surface area (Å²) in [5.41, 5.74) is 1.62. The van der Waals surface area contributed by atoms with Crippen molar-refractivity contribution in [1.82, 2.24) is 14.7 Å². The third kappa shape index (κ3) is 10.6. The number of piperidine rings is 1. The van der Waals surface area contributed by atoms with Crippen LogP contribution < -0.4 is 5.48 Å². The standard InChI is InChI=1S/C13H24N2O3.C3H9NS/c1-10(2)8-11(9-12(16)14-18)13(17)15-6-4-3-5-7-15;1-4(2)5-3/h10-11,18H,3-9H2,1-2H3,(H,14,16);1-3H3/t11-;/m1./s1. The molecule has 0 aromatic rings. The lowest BCUT2D eigenvalue weighted by molar-refractivity contribution is -0.141. The first kappa shape index (κ1) is 22.2. The number of hydrogen-bond donors (Lipinski definition) is 2. The molecule has 1 rings (SSSR count). The maximum absolute atomic E-state index is 12.3. The van der Waals surface area contributed by atoms with E-state index >= 15 is 0 Å². The predicted molar refractivity (Wildman–Crippen MR) is 95.1 cm³/mol. The molecule has 2 N–H and O–H groups in total. The van der Waals surface area contributed by atoms with Crippen LogP contribution in [0, 0.1) is 11.8 Å². The second-order valence-corrected chi connectivity index (χ2v) is 7.54. The highest BCUT2D eigenvalue weighted by atomic mass is 32.2. The molecular weight excluding hydrogens is 314 g/mol. The molecule has 0 saturated carbocycles. The SMILES string of the molecule is CC(C)C[C@H](CC(=O)NO)C(=O)N1CCCCC1.CSN(C)C. The fraction of sp³-hybridized carbons (Fsp3) is 0.875. The summed E-state index contributed by atoms with van der Waals surface area (Å²) in [6.45, 7) is 5.67. The number of hydrogen-bond acceptors (Lipinski definition) is 5. The quantitative estimate of drug-likeness (QED) is 0.438. The van der Waals surface area contributed by atoms with Crippen molar-refractivity contribution in [3.8, 4) is 0 Å². The fourth-order valence-electron chi connectivity index (χ4n) is 2.48. The minimum Gasteiger partial charge on any atom is -0.342 e. The number of nitrogens with zero attached hydrogens (tertiary/aromatic N) is 2. The molecule has 7 heteroatoms. The first-order valence-corrected chi connectivity index (χ1v) is 9.43. The maximum Gasteiger partial charge on any atom is 0.244 e. The van der Waals surface area contributed by atoms with Crippen molar-refractivity contribution in [1.29, 1.82) is 0 Å². The fourth-order valence-corrected chi connectivity index (χ4v) is 2.48. The van der Waals surface area contributed by atoms with Gasteiger partial charge in [-0.05, 0) is 52.0 Å². The van der Waals surface area contributed by atoms with Crippen molar-refractivity contribution >= 4 is 23.8 Å². The van der Waals surface area contributed by atoms with E-state index in [-0.39, 0.29) is 18.2 Å². The number of carbonyl (C=O) groups is 2. The molecule has 0 aromatic heterocycles. The van der Waals surface area contributed by atoms with Gasteiger partial charge in [-0.1, -0.05) is 25.8 Å². The van der Waals surface area contributed by atoms with Crippen molar-refractivity contribution in [2.75, 3.05) is 33.4 Å². The number of nitrogens with one attached hydrogen (secondary N) is 1. The zero-order chi connectivity index (χ0) is 17.8. The topological polar surface area (TPSA) is 72.9 Å². The zero-order valence-corrected chi connectivity index (χ0v) is 16.0. The number of likely N-dealkylation sites (tertiary alicyclic amines) is 1. The van der Waals surface area contributed by atoms with E-state index in [1.807, 2.05) is 43.4 Å². The monoisotopic (exact) mass is 347 g/mol. The van der Waals surface area contributed by atoms with Gasteiger partial charge in [0.05, 0.1) is 0 Å². The van der Waals surface area contributed by atoms with Crippen molar-refractivity contribution in [3.05, 3.63) is 0 Å². The summed E-state index contributed by atoms with van der Waals surface area (Å²) in [5, 5.41) is 8.59. The summed E-state index contributed by atoms with van der Waals surface area (Å²) in [7, 11) is 4.04. The summed E-state index contributed by atoms with van der Waals surface area (Å²) in [5.74, 6) is -0.372. The molecule has 1 aliphatic rings. The molecule has 1 fully saturated rings. The van der Waals surface area contributed by atoms with Crippen LogP contribution in [0.1, 0.15) is 46.0 Å². The largest absolute Gasteiger partial charge is 0.342 e. The first-order chi connectivity index (χ1) is 10.8. The molecule has 1 heterocycles. The van der Waals surface area contributed by atoms with Gasteiger partial charge in [0.2, 0.25) is 11.8 Å². The Kier molecular flexibility index (Phi) is 12.2. The Balaban J connectivity index is 0.000000841. The molecule has 1 atom stereocenters. The summed E-state index contributed by atoms with van der Waals surface area (Å²) < 4.78 is 2.04. The van der Waals surface area contributed by atoms with E-state index in [1.165, 1.54) is 6.42 Å². The summed E-state index contributed by atoms with van der Waals surface area (Å²) >= 11 is 1.71. The van der Waals surface area contributed by atoms with Gasteiger partial charge in [0.25, 0.3) is 0 Å². The Morgan fingerprint density at radius 2 is 1.74 bits per heavy atom. The van der Waals surface area contributed by atoms with Gasteiger partial charge in [-0.3, -0.25) is 19.1 Å². The summed E-state index contributed by atoms with van der Waals surface area (Å²) in [6, 6.07) is 0. The van der Waals surface area contributed by atoms with Crippen molar-refractivity contribution < 1.29 is 14.8 Å². The van der Waals surface area contributed by atoms with Crippen molar-refractivity contribution in [2.45, 2.75) is 46.0 Å². The van der Waals surface area contributed by atoms with Crippen molar-refractivity contribution in [3.63, 3.8) is 0 Å². The van der Waals surface area contributed by atoms with Crippen LogP contribution in [0.5, 0.6) is 0 Å². The summed E-state index contributed by atoms with van der Waals surface area (Å²) in [4.78, 5) is 25.5. The van der Waals surface area contributed by atoms with Gasteiger partial charge < -0.3 is 4.90 Å². The van der Waals surface area contributed by atoms with E-state index in [1.54, 1.807) is 17.4 Å². The van der Waals surface area contributed by atoms with E-state index in [4.69, 9.17) is 5.21 Å². The Hall–Kier alpha value is -0.790. The van der Waals surface area contributed by atoms with E-state index in [0.29, 0.717) is 12.3 Å². The van der Waals surface area contributed by atoms with Crippen LogP contribution in [0.25, 0.3) is 0 Å². The summed E-state index contributed by atoms with van der Waals surface area (Å²) in [6.07, 6.45) is 6.07. The van der Waals surface area contributed by atoms with Gasteiger partial charge in [-0.2, -0.15) is 0 Å². The van der Waals surface area contributed by atoms with E-state index in [9.17, 15) is 9.59 Å². The normalized spacial score (nSPS) is 15.9. The Labute approximate surface area is 145 Å².